The number of allylic oxidation sites excluding steroid dienone is 1. The van der Waals surface area contributed by atoms with E-state index in [0.29, 0.717) is 5.92 Å². The summed E-state index contributed by atoms with van der Waals surface area (Å²) in [6.45, 7) is 10.9. The molecule has 2 aliphatic rings. The monoisotopic (exact) mass is 232 g/mol. The zero-order valence-corrected chi connectivity index (χ0v) is 11.8. The first kappa shape index (κ1) is 13.0. The molecule has 0 N–H and O–H groups in total. The van der Waals surface area contributed by atoms with E-state index in [4.69, 9.17) is 0 Å². The van der Waals surface area contributed by atoms with E-state index in [1.54, 1.807) is 0 Å². The van der Waals surface area contributed by atoms with Crippen LogP contribution in [0.3, 0.4) is 0 Å². The topological polar surface area (TPSA) is 0 Å². The number of hydrogen-bond donors (Lipinski definition) is 0. The molecule has 96 valence electrons. The third kappa shape index (κ3) is 2.68. The molecule has 2 rings (SSSR count). The maximum Gasteiger partial charge on any atom is -0.0133 e. The first-order valence-electron chi connectivity index (χ1n) is 7.52. The second-order valence-electron chi connectivity index (χ2n) is 6.63. The van der Waals surface area contributed by atoms with Crippen LogP contribution in [-0.2, 0) is 0 Å². The van der Waals surface area contributed by atoms with Gasteiger partial charge < -0.3 is 0 Å². The maximum atomic E-state index is 3.92. The number of rotatable bonds is 5. The smallest absolute Gasteiger partial charge is 0.0133 e. The Balaban J connectivity index is 1.89. The fraction of sp³-hybridized carbons (Fsp3) is 0.824. The molecule has 0 heteroatoms. The van der Waals surface area contributed by atoms with Crippen molar-refractivity contribution in [3.05, 3.63) is 17.9 Å². The lowest BCUT2D eigenvalue weighted by Gasteiger charge is -2.46. The predicted octanol–water partition coefficient (Wildman–Crippen LogP) is 5.21. The van der Waals surface area contributed by atoms with Crippen molar-refractivity contribution in [3.63, 3.8) is 0 Å². The molecule has 2 saturated carbocycles. The van der Waals surface area contributed by atoms with Gasteiger partial charge in [0.25, 0.3) is 0 Å². The molecule has 3 unspecified atom stereocenters. The second-order valence-corrected chi connectivity index (χ2v) is 6.63. The van der Waals surface area contributed by atoms with Crippen LogP contribution in [-0.4, -0.2) is 0 Å². The van der Waals surface area contributed by atoms with Gasteiger partial charge in [-0.3, -0.25) is 0 Å². The summed E-state index contributed by atoms with van der Waals surface area (Å²) in [5.41, 5.74) is 4.74. The molecule has 2 aliphatic carbocycles. The Bertz CT molecular complexity index is 302. The Hall–Kier alpha value is -0.480. The highest BCUT2D eigenvalue weighted by atomic mass is 14.4. The minimum atomic E-state index is 0.662. The van der Waals surface area contributed by atoms with E-state index in [9.17, 15) is 0 Å². The summed E-state index contributed by atoms with van der Waals surface area (Å²) in [5, 5.41) is 0. The first-order chi connectivity index (χ1) is 8.13. The normalized spacial score (nSPS) is 30.4. The summed E-state index contributed by atoms with van der Waals surface area (Å²) >= 11 is 0. The van der Waals surface area contributed by atoms with Gasteiger partial charge in [0.05, 0.1) is 0 Å². The summed E-state index contributed by atoms with van der Waals surface area (Å²) in [6, 6.07) is 0. The second kappa shape index (κ2) is 5.44. The Morgan fingerprint density at radius 1 is 1.18 bits per heavy atom. The molecule has 3 atom stereocenters. The Labute approximate surface area is 107 Å². The summed E-state index contributed by atoms with van der Waals surface area (Å²) in [5.74, 6) is 4.48. The van der Waals surface area contributed by atoms with E-state index < -0.39 is 0 Å². The van der Waals surface area contributed by atoms with Crippen LogP contribution in [0.5, 0.6) is 0 Å². The highest BCUT2D eigenvalue weighted by molar-refractivity contribution is 5.08. The highest BCUT2D eigenvalue weighted by Gasteiger charge is 2.39. The van der Waals surface area contributed by atoms with Crippen LogP contribution in [0.2, 0.25) is 0 Å². The average Bonchev–Trinajstić information content (AvgIpc) is 2.22. The van der Waals surface area contributed by atoms with Crippen LogP contribution < -0.4 is 0 Å². The third-order valence-corrected chi connectivity index (χ3v) is 5.49. The molecule has 0 amide bonds. The molecule has 0 spiro atoms. The molecule has 0 radical (unpaired) electrons. The molecule has 0 aromatic rings. The average molecular weight is 232 g/mol. The van der Waals surface area contributed by atoms with E-state index in [0.717, 1.165) is 23.7 Å². The highest BCUT2D eigenvalue weighted by Crippen LogP contribution is 2.50. The number of hydrogen-bond acceptors (Lipinski definition) is 0. The van der Waals surface area contributed by atoms with Crippen LogP contribution in [0.25, 0.3) is 0 Å². The summed E-state index contributed by atoms with van der Waals surface area (Å²) < 4.78 is 0. The lowest BCUT2D eigenvalue weighted by molar-refractivity contribution is 0.0544. The SMILES string of the molecule is C=C=C(CC1CCC1C1CCC1)C(C)C(C)C. The summed E-state index contributed by atoms with van der Waals surface area (Å²) in [7, 11) is 0. The Kier molecular flexibility index (Phi) is 4.15. The van der Waals surface area contributed by atoms with Crippen molar-refractivity contribution in [2.45, 2.75) is 59.3 Å². The van der Waals surface area contributed by atoms with E-state index in [1.807, 2.05) is 0 Å². The molecule has 0 nitrogen and oxygen atoms in total. The molecular formula is C17H28. The molecule has 0 aliphatic heterocycles. The van der Waals surface area contributed by atoms with Crippen molar-refractivity contribution < 1.29 is 0 Å². The fourth-order valence-corrected chi connectivity index (χ4v) is 3.44. The van der Waals surface area contributed by atoms with Gasteiger partial charge >= 0.3 is 0 Å². The van der Waals surface area contributed by atoms with E-state index in [-0.39, 0.29) is 0 Å². The Morgan fingerprint density at radius 2 is 1.88 bits per heavy atom. The maximum absolute atomic E-state index is 3.92. The fourth-order valence-electron chi connectivity index (χ4n) is 3.44. The molecule has 2 fully saturated rings. The van der Waals surface area contributed by atoms with Crippen molar-refractivity contribution in [1.82, 2.24) is 0 Å². The molecule has 17 heavy (non-hydrogen) atoms. The van der Waals surface area contributed by atoms with Crippen LogP contribution in [0.4, 0.5) is 0 Å². The van der Waals surface area contributed by atoms with Gasteiger partial charge in [0.15, 0.2) is 0 Å². The molecule has 0 saturated heterocycles. The van der Waals surface area contributed by atoms with Crippen LogP contribution >= 0.6 is 0 Å². The van der Waals surface area contributed by atoms with Crippen LogP contribution in [0.1, 0.15) is 59.3 Å². The van der Waals surface area contributed by atoms with Crippen LogP contribution in [0.15, 0.2) is 17.9 Å². The van der Waals surface area contributed by atoms with Gasteiger partial charge in [-0.2, -0.15) is 0 Å². The minimum Gasteiger partial charge on any atom is -0.129 e. The zero-order valence-electron chi connectivity index (χ0n) is 11.8. The molecular weight excluding hydrogens is 204 g/mol. The van der Waals surface area contributed by atoms with Crippen molar-refractivity contribution in [1.29, 1.82) is 0 Å². The van der Waals surface area contributed by atoms with Crippen molar-refractivity contribution in [2.24, 2.45) is 29.6 Å². The quantitative estimate of drug-likeness (QED) is 0.571. The first-order valence-corrected chi connectivity index (χ1v) is 7.52. The lowest BCUT2D eigenvalue weighted by Crippen LogP contribution is -2.36. The lowest BCUT2D eigenvalue weighted by atomic mass is 9.59. The van der Waals surface area contributed by atoms with E-state index >= 15 is 0 Å². The van der Waals surface area contributed by atoms with Crippen LogP contribution in [0, 0.1) is 29.6 Å². The van der Waals surface area contributed by atoms with E-state index in [2.05, 4.69) is 33.1 Å². The van der Waals surface area contributed by atoms with Crippen molar-refractivity contribution in [2.75, 3.05) is 0 Å². The summed E-state index contributed by atoms with van der Waals surface area (Å²) in [4.78, 5) is 0. The van der Waals surface area contributed by atoms with Gasteiger partial charge in [-0.25, -0.2) is 0 Å². The van der Waals surface area contributed by atoms with Crippen molar-refractivity contribution >= 4 is 0 Å². The third-order valence-electron chi connectivity index (χ3n) is 5.49. The van der Waals surface area contributed by atoms with Gasteiger partial charge in [0.1, 0.15) is 0 Å². The summed E-state index contributed by atoms with van der Waals surface area (Å²) in [6.07, 6.45) is 8.74. The minimum absolute atomic E-state index is 0.662. The predicted molar refractivity (Wildman–Crippen MR) is 74.8 cm³/mol. The largest absolute Gasteiger partial charge is 0.129 e. The zero-order chi connectivity index (χ0) is 12.4. The van der Waals surface area contributed by atoms with Gasteiger partial charge in [-0.05, 0) is 54.4 Å². The van der Waals surface area contributed by atoms with E-state index in [1.165, 1.54) is 44.1 Å². The molecule has 0 aromatic carbocycles. The van der Waals surface area contributed by atoms with Gasteiger partial charge in [-0.15, -0.1) is 5.73 Å². The molecule has 0 heterocycles. The Morgan fingerprint density at radius 3 is 2.24 bits per heavy atom. The van der Waals surface area contributed by atoms with Gasteiger partial charge in [-0.1, -0.05) is 46.6 Å². The molecule has 0 aromatic heterocycles. The van der Waals surface area contributed by atoms with Gasteiger partial charge in [0.2, 0.25) is 0 Å². The standard InChI is InChI=1S/C17H28/c1-5-14(13(4)12(2)3)11-16-9-10-17(16)15-7-6-8-15/h12-13,15-17H,1,6-11H2,2-4H3. The van der Waals surface area contributed by atoms with Gasteiger partial charge in [0, 0.05) is 0 Å². The van der Waals surface area contributed by atoms with Crippen molar-refractivity contribution in [3.8, 4) is 0 Å². The molecule has 0 bridgehead atoms.